The summed E-state index contributed by atoms with van der Waals surface area (Å²) in [6.07, 6.45) is 0. The van der Waals surface area contributed by atoms with Crippen molar-refractivity contribution in [3.8, 4) is 44.8 Å². The van der Waals surface area contributed by atoms with Gasteiger partial charge in [-0.3, -0.25) is 0 Å². The Morgan fingerprint density at radius 2 is 0.639 bits per heavy atom. The Hall–Kier alpha value is -3.60. The van der Waals surface area contributed by atoms with Gasteiger partial charge in [-0.15, -0.1) is 0 Å². The molecule has 6 aromatic rings. The maximum atomic E-state index is 5.13. The molecule has 0 atom stereocenters. The number of hydrogen-bond acceptors (Lipinski definition) is 2. The Labute approximate surface area is 227 Å². The first kappa shape index (κ1) is 22.8. The predicted octanol–water partition coefficient (Wildman–Crippen LogP) is 9.82. The molecule has 0 spiro atoms. The third kappa shape index (κ3) is 4.39. The highest BCUT2D eigenvalue weighted by Gasteiger charge is 2.16. The van der Waals surface area contributed by atoms with E-state index in [1.807, 2.05) is 24.3 Å². The molecular formula is C32H20Br2N2. The van der Waals surface area contributed by atoms with Crippen LogP contribution in [0.25, 0.3) is 55.8 Å². The Kier molecular flexibility index (Phi) is 6.22. The lowest BCUT2D eigenvalue weighted by molar-refractivity contribution is 1.28. The van der Waals surface area contributed by atoms with Crippen molar-refractivity contribution >= 4 is 42.9 Å². The number of nitrogens with zero attached hydrogens (tertiary/aromatic N) is 2. The Balaban J connectivity index is 1.50. The molecule has 0 fully saturated rings. The van der Waals surface area contributed by atoms with Crippen LogP contribution >= 0.6 is 31.9 Å². The first-order valence-corrected chi connectivity index (χ1v) is 13.2. The van der Waals surface area contributed by atoms with Crippen LogP contribution in [-0.2, 0) is 0 Å². The minimum absolute atomic E-state index is 0.830. The zero-order chi connectivity index (χ0) is 24.5. The van der Waals surface area contributed by atoms with Gasteiger partial charge in [0.2, 0.25) is 0 Å². The zero-order valence-corrected chi connectivity index (χ0v) is 22.4. The van der Waals surface area contributed by atoms with E-state index in [-0.39, 0.29) is 0 Å². The number of benzene rings is 5. The van der Waals surface area contributed by atoms with Crippen LogP contribution < -0.4 is 0 Å². The van der Waals surface area contributed by atoms with Gasteiger partial charge in [0, 0.05) is 20.1 Å². The summed E-state index contributed by atoms with van der Waals surface area (Å²) in [6, 6.07) is 41.9. The SMILES string of the molecule is Brc1ccc(Br)c2nc(-c3ccc(-c4ccccc4)cc3)c(-c3ccc(-c4ccccc4)cc3)nc12. The first-order valence-electron chi connectivity index (χ1n) is 11.6. The molecule has 4 heteroatoms. The van der Waals surface area contributed by atoms with Crippen LogP contribution in [0.3, 0.4) is 0 Å². The van der Waals surface area contributed by atoms with Crippen LogP contribution in [0.1, 0.15) is 0 Å². The molecule has 2 nitrogen and oxygen atoms in total. The second kappa shape index (κ2) is 9.81. The molecular weight excluding hydrogens is 572 g/mol. The predicted molar refractivity (Wildman–Crippen MR) is 157 cm³/mol. The standard InChI is InChI=1S/C32H20Br2N2/c33-27-19-20-28(34)32-31(27)35-29(25-15-11-23(12-16-25)21-7-3-1-4-8-21)30(36-32)26-17-13-24(14-18-26)22-9-5-2-6-10-22/h1-20H. The van der Waals surface area contributed by atoms with Crippen molar-refractivity contribution < 1.29 is 0 Å². The lowest BCUT2D eigenvalue weighted by Gasteiger charge is -2.13. The van der Waals surface area contributed by atoms with E-state index in [0.29, 0.717) is 0 Å². The van der Waals surface area contributed by atoms with Gasteiger partial charge in [0.05, 0.1) is 11.4 Å². The number of aromatic nitrogens is 2. The summed E-state index contributed by atoms with van der Waals surface area (Å²) in [7, 11) is 0. The number of fused-ring (bicyclic) bond motifs is 1. The van der Waals surface area contributed by atoms with Gasteiger partial charge >= 0.3 is 0 Å². The summed E-state index contributed by atoms with van der Waals surface area (Å²) in [5.41, 5.74) is 10.1. The molecule has 36 heavy (non-hydrogen) atoms. The van der Waals surface area contributed by atoms with E-state index in [1.165, 1.54) is 22.3 Å². The fraction of sp³-hybridized carbons (Fsp3) is 0. The van der Waals surface area contributed by atoms with Crippen LogP contribution in [0.2, 0.25) is 0 Å². The van der Waals surface area contributed by atoms with Crippen molar-refractivity contribution in [3.63, 3.8) is 0 Å². The quantitative estimate of drug-likeness (QED) is 0.204. The Morgan fingerprint density at radius 3 is 1.00 bits per heavy atom. The molecule has 0 saturated heterocycles. The van der Waals surface area contributed by atoms with E-state index in [9.17, 15) is 0 Å². The van der Waals surface area contributed by atoms with Gasteiger partial charge in [0.15, 0.2) is 0 Å². The molecule has 0 N–H and O–H groups in total. The molecule has 1 heterocycles. The second-order valence-corrected chi connectivity index (χ2v) is 10.2. The number of halogens is 2. The Bertz CT molecular complexity index is 1540. The van der Waals surface area contributed by atoms with E-state index in [4.69, 9.17) is 9.97 Å². The van der Waals surface area contributed by atoms with Crippen LogP contribution in [0.4, 0.5) is 0 Å². The monoisotopic (exact) mass is 590 g/mol. The maximum Gasteiger partial charge on any atom is 0.105 e. The molecule has 0 amide bonds. The van der Waals surface area contributed by atoms with E-state index in [0.717, 1.165) is 42.5 Å². The van der Waals surface area contributed by atoms with Crippen LogP contribution in [0, 0.1) is 0 Å². The van der Waals surface area contributed by atoms with Gasteiger partial charge in [0.25, 0.3) is 0 Å². The minimum Gasteiger partial charge on any atom is -0.243 e. The van der Waals surface area contributed by atoms with Gasteiger partial charge in [-0.1, -0.05) is 109 Å². The third-order valence-corrected chi connectivity index (χ3v) is 7.53. The summed E-state index contributed by atoms with van der Waals surface area (Å²) >= 11 is 7.35. The zero-order valence-electron chi connectivity index (χ0n) is 19.2. The Morgan fingerprint density at radius 1 is 0.333 bits per heavy atom. The molecule has 0 saturated carbocycles. The molecule has 0 radical (unpaired) electrons. The minimum atomic E-state index is 0.830. The molecule has 6 rings (SSSR count). The van der Waals surface area contributed by atoms with Crippen LogP contribution in [-0.4, -0.2) is 9.97 Å². The van der Waals surface area contributed by atoms with Gasteiger partial charge in [-0.05, 0) is 66.2 Å². The van der Waals surface area contributed by atoms with E-state index < -0.39 is 0 Å². The number of hydrogen-bond donors (Lipinski definition) is 0. The van der Waals surface area contributed by atoms with Gasteiger partial charge in [-0.25, -0.2) is 9.97 Å². The van der Waals surface area contributed by atoms with Crippen molar-refractivity contribution in [3.05, 3.63) is 130 Å². The van der Waals surface area contributed by atoms with Crippen molar-refractivity contribution in [2.75, 3.05) is 0 Å². The second-order valence-electron chi connectivity index (χ2n) is 8.53. The molecule has 1 aromatic heterocycles. The third-order valence-electron chi connectivity index (χ3n) is 6.26. The van der Waals surface area contributed by atoms with Gasteiger partial charge in [-0.2, -0.15) is 0 Å². The molecule has 0 aliphatic rings. The smallest absolute Gasteiger partial charge is 0.105 e. The number of rotatable bonds is 4. The summed E-state index contributed by atoms with van der Waals surface area (Å²) in [4.78, 5) is 10.3. The van der Waals surface area contributed by atoms with E-state index in [1.54, 1.807) is 0 Å². The lowest BCUT2D eigenvalue weighted by atomic mass is 9.98. The average molecular weight is 592 g/mol. The summed E-state index contributed by atoms with van der Waals surface area (Å²) in [5.74, 6) is 0. The van der Waals surface area contributed by atoms with Crippen molar-refractivity contribution in [2.45, 2.75) is 0 Å². The van der Waals surface area contributed by atoms with E-state index >= 15 is 0 Å². The van der Waals surface area contributed by atoms with Crippen molar-refractivity contribution in [2.24, 2.45) is 0 Å². The van der Waals surface area contributed by atoms with Crippen LogP contribution in [0.5, 0.6) is 0 Å². The molecule has 0 aliphatic carbocycles. The molecule has 5 aromatic carbocycles. The summed E-state index contributed by atoms with van der Waals surface area (Å²) < 4.78 is 1.84. The van der Waals surface area contributed by atoms with Gasteiger partial charge < -0.3 is 0 Å². The maximum absolute atomic E-state index is 5.13. The van der Waals surface area contributed by atoms with Gasteiger partial charge in [0.1, 0.15) is 11.0 Å². The fourth-order valence-electron chi connectivity index (χ4n) is 4.38. The fourth-order valence-corrected chi connectivity index (χ4v) is 5.19. The highest BCUT2D eigenvalue weighted by Crippen LogP contribution is 2.36. The molecule has 0 unspecified atom stereocenters. The largest absolute Gasteiger partial charge is 0.243 e. The topological polar surface area (TPSA) is 25.8 Å². The van der Waals surface area contributed by atoms with Crippen molar-refractivity contribution in [1.82, 2.24) is 9.97 Å². The van der Waals surface area contributed by atoms with E-state index in [2.05, 4.69) is 129 Å². The first-order chi connectivity index (χ1) is 17.7. The summed E-state index contributed by atoms with van der Waals surface area (Å²) in [5, 5.41) is 0. The highest BCUT2D eigenvalue weighted by molar-refractivity contribution is 9.11. The van der Waals surface area contributed by atoms with Crippen LogP contribution in [0.15, 0.2) is 130 Å². The lowest BCUT2D eigenvalue weighted by Crippen LogP contribution is -1.97. The average Bonchev–Trinajstić information content (AvgIpc) is 2.96. The molecule has 172 valence electrons. The summed E-state index contributed by atoms with van der Waals surface area (Å²) in [6.45, 7) is 0. The molecule has 0 aliphatic heterocycles. The highest BCUT2D eigenvalue weighted by atomic mass is 79.9. The molecule has 0 bridgehead atoms. The van der Waals surface area contributed by atoms with Crippen molar-refractivity contribution in [1.29, 1.82) is 0 Å². The normalized spacial score (nSPS) is 11.1.